The third-order valence-electron chi connectivity index (χ3n) is 8.27. The van der Waals surface area contributed by atoms with Crippen molar-refractivity contribution >= 4 is 37.6 Å². The molecule has 0 N–H and O–H groups in total. The summed E-state index contributed by atoms with van der Waals surface area (Å²) in [5.41, 5.74) is 4.33. The van der Waals surface area contributed by atoms with E-state index in [1.165, 1.54) is 19.2 Å². The highest BCUT2D eigenvalue weighted by atomic mass is 79.9. The standard InChI is InChI=1S/C32H36BrNO6S/c1-18-8-10-20(11-9-18)41(37,38)40-30-21(33)12-19(13-26(30)39-7)27-28-22(14-31(2,3)16-24(28)35)34(6)23-15-32(4,5)17-25(36)29(23)27/h8-13,27H,14-17H2,1-7H3. The van der Waals surface area contributed by atoms with Crippen molar-refractivity contribution in [2.24, 2.45) is 10.8 Å². The number of carbonyl (C=O) groups is 2. The van der Waals surface area contributed by atoms with Gasteiger partial charge in [0.05, 0.1) is 11.6 Å². The first kappa shape index (κ1) is 29.6. The van der Waals surface area contributed by atoms with Crippen LogP contribution in [0.4, 0.5) is 0 Å². The second-order valence-corrected chi connectivity index (χ2v) is 15.4. The fourth-order valence-corrected chi connectivity index (χ4v) is 7.95. The number of hydrogen-bond donors (Lipinski definition) is 0. The Balaban J connectivity index is 1.67. The van der Waals surface area contributed by atoms with Crippen LogP contribution in [0.2, 0.25) is 0 Å². The van der Waals surface area contributed by atoms with Gasteiger partial charge in [0.1, 0.15) is 4.90 Å². The Hall–Kier alpha value is -2.91. The lowest BCUT2D eigenvalue weighted by atomic mass is 9.64. The zero-order valence-electron chi connectivity index (χ0n) is 24.6. The number of rotatable bonds is 5. The average molecular weight is 643 g/mol. The molecule has 0 fully saturated rings. The molecule has 0 amide bonds. The molecule has 2 aromatic carbocycles. The van der Waals surface area contributed by atoms with E-state index in [2.05, 4.69) is 48.5 Å². The Kier molecular flexibility index (Phi) is 7.30. The Labute approximate surface area is 250 Å². The molecule has 2 aromatic rings. The molecule has 0 saturated heterocycles. The first-order valence-corrected chi connectivity index (χ1v) is 15.9. The van der Waals surface area contributed by atoms with Crippen LogP contribution in [-0.4, -0.2) is 39.0 Å². The maximum Gasteiger partial charge on any atom is 0.339 e. The quantitative estimate of drug-likeness (QED) is 0.330. The smallest absolute Gasteiger partial charge is 0.339 e. The van der Waals surface area contributed by atoms with Gasteiger partial charge in [-0.25, -0.2) is 0 Å². The molecule has 3 aliphatic rings. The first-order valence-electron chi connectivity index (χ1n) is 13.7. The average Bonchev–Trinajstić information content (AvgIpc) is 2.85. The number of Topliss-reactive ketones (excluding diaryl/α,β-unsaturated/α-hetero) is 2. The molecular formula is C32H36BrNO6S. The third kappa shape index (κ3) is 5.39. The van der Waals surface area contributed by atoms with Gasteiger partial charge in [0, 0.05) is 48.3 Å². The molecule has 41 heavy (non-hydrogen) atoms. The van der Waals surface area contributed by atoms with Gasteiger partial charge in [0.15, 0.2) is 23.1 Å². The molecule has 7 nitrogen and oxygen atoms in total. The van der Waals surface area contributed by atoms with Crippen LogP contribution in [0, 0.1) is 17.8 Å². The van der Waals surface area contributed by atoms with Crippen molar-refractivity contribution in [2.75, 3.05) is 14.2 Å². The first-order chi connectivity index (χ1) is 19.0. The van der Waals surface area contributed by atoms with Crippen molar-refractivity contribution in [3.8, 4) is 11.5 Å². The molecule has 0 radical (unpaired) electrons. The summed E-state index contributed by atoms with van der Waals surface area (Å²) in [6, 6.07) is 9.82. The van der Waals surface area contributed by atoms with Crippen molar-refractivity contribution < 1.29 is 26.9 Å². The molecule has 0 unspecified atom stereocenters. The minimum Gasteiger partial charge on any atom is -0.493 e. The summed E-state index contributed by atoms with van der Waals surface area (Å²) in [7, 11) is -0.755. The molecule has 0 atom stereocenters. The summed E-state index contributed by atoms with van der Waals surface area (Å²) < 4.78 is 37.8. The molecule has 9 heteroatoms. The minimum atomic E-state index is -4.16. The van der Waals surface area contributed by atoms with Gasteiger partial charge in [0.2, 0.25) is 0 Å². The highest BCUT2D eigenvalue weighted by molar-refractivity contribution is 9.10. The molecule has 218 valence electrons. The fraction of sp³-hybridized carbons (Fsp3) is 0.438. The monoisotopic (exact) mass is 641 g/mol. The molecule has 0 saturated carbocycles. The van der Waals surface area contributed by atoms with Gasteiger partial charge < -0.3 is 13.8 Å². The summed E-state index contributed by atoms with van der Waals surface area (Å²) in [4.78, 5) is 29.7. The van der Waals surface area contributed by atoms with Gasteiger partial charge in [-0.05, 0) is 76.4 Å². The highest BCUT2D eigenvalue weighted by Crippen LogP contribution is 2.55. The Bertz CT molecular complexity index is 1580. The lowest BCUT2D eigenvalue weighted by molar-refractivity contribution is -0.119. The number of benzene rings is 2. The Morgan fingerprint density at radius 3 is 1.88 bits per heavy atom. The van der Waals surface area contributed by atoms with E-state index < -0.39 is 16.0 Å². The number of methoxy groups -OCH3 is 1. The summed E-state index contributed by atoms with van der Waals surface area (Å²) >= 11 is 3.51. The highest BCUT2D eigenvalue weighted by Gasteiger charge is 2.48. The van der Waals surface area contributed by atoms with E-state index >= 15 is 0 Å². The molecule has 0 aromatic heterocycles. The van der Waals surface area contributed by atoms with Crippen LogP contribution in [0.1, 0.15) is 70.4 Å². The van der Waals surface area contributed by atoms with E-state index in [1.54, 1.807) is 24.3 Å². The zero-order valence-corrected chi connectivity index (χ0v) is 27.0. The molecule has 1 aliphatic heterocycles. The van der Waals surface area contributed by atoms with Gasteiger partial charge in [-0.15, -0.1) is 0 Å². The largest absolute Gasteiger partial charge is 0.493 e. The van der Waals surface area contributed by atoms with Crippen LogP contribution in [0.3, 0.4) is 0 Å². The van der Waals surface area contributed by atoms with Crippen molar-refractivity contribution in [2.45, 2.75) is 71.1 Å². The third-order valence-corrected chi connectivity index (χ3v) is 10.1. The molecule has 0 spiro atoms. The number of halogens is 1. The van der Waals surface area contributed by atoms with Crippen LogP contribution < -0.4 is 8.92 Å². The second kappa shape index (κ2) is 10.1. The van der Waals surface area contributed by atoms with Crippen molar-refractivity contribution in [1.29, 1.82) is 0 Å². The zero-order chi connectivity index (χ0) is 30.1. The summed E-state index contributed by atoms with van der Waals surface area (Å²) in [5.74, 6) is -0.360. The van der Waals surface area contributed by atoms with Crippen LogP contribution in [0.5, 0.6) is 11.5 Å². The topological polar surface area (TPSA) is 90.0 Å². The van der Waals surface area contributed by atoms with E-state index in [4.69, 9.17) is 8.92 Å². The minimum absolute atomic E-state index is 0.000340. The maximum atomic E-state index is 13.8. The van der Waals surface area contributed by atoms with Gasteiger partial charge >= 0.3 is 10.1 Å². The van der Waals surface area contributed by atoms with Gasteiger partial charge in [-0.1, -0.05) is 45.4 Å². The normalized spacial score (nSPS) is 20.6. The van der Waals surface area contributed by atoms with Crippen molar-refractivity contribution in [3.63, 3.8) is 0 Å². The summed E-state index contributed by atoms with van der Waals surface area (Å²) in [6.45, 7) is 10.3. The molecular weight excluding hydrogens is 606 g/mol. The van der Waals surface area contributed by atoms with E-state index in [0.29, 0.717) is 46.9 Å². The molecule has 5 rings (SSSR count). The molecule has 0 bridgehead atoms. The van der Waals surface area contributed by atoms with E-state index in [9.17, 15) is 18.0 Å². The van der Waals surface area contributed by atoms with Gasteiger partial charge in [0.25, 0.3) is 0 Å². The SMILES string of the molecule is COc1cc(C2C3=C(CC(C)(C)CC3=O)N(C)C3=C2C(=O)CC(C)(C)C3)cc(Br)c1OS(=O)(=O)c1ccc(C)cc1. The number of ketones is 2. The lowest BCUT2D eigenvalue weighted by Gasteiger charge is -2.48. The Morgan fingerprint density at radius 1 is 0.878 bits per heavy atom. The predicted octanol–water partition coefficient (Wildman–Crippen LogP) is 6.85. The Morgan fingerprint density at radius 2 is 1.39 bits per heavy atom. The van der Waals surface area contributed by atoms with Gasteiger partial charge in [-0.3, -0.25) is 9.59 Å². The summed E-state index contributed by atoms with van der Waals surface area (Å²) in [5, 5.41) is 0. The maximum absolute atomic E-state index is 13.8. The van der Waals surface area contributed by atoms with E-state index in [1.807, 2.05) is 14.0 Å². The summed E-state index contributed by atoms with van der Waals surface area (Å²) in [6.07, 6.45) is 2.18. The van der Waals surface area contributed by atoms with E-state index in [-0.39, 0.29) is 38.8 Å². The van der Waals surface area contributed by atoms with Crippen LogP contribution >= 0.6 is 15.9 Å². The predicted molar refractivity (Wildman–Crippen MR) is 160 cm³/mol. The number of nitrogens with zero attached hydrogens (tertiary/aromatic N) is 1. The number of allylic oxidation sites excluding steroid dienone is 4. The van der Waals surface area contributed by atoms with Crippen molar-refractivity contribution in [1.82, 2.24) is 4.90 Å². The van der Waals surface area contributed by atoms with Gasteiger partial charge in [-0.2, -0.15) is 8.42 Å². The van der Waals surface area contributed by atoms with Crippen LogP contribution in [-0.2, 0) is 19.7 Å². The number of hydrogen-bond acceptors (Lipinski definition) is 7. The molecule has 1 heterocycles. The van der Waals surface area contributed by atoms with E-state index in [0.717, 1.165) is 17.0 Å². The second-order valence-electron chi connectivity index (χ2n) is 13.0. The fourth-order valence-electron chi connectivity index (χ4n) is 6.35. The lowest BCUT2D eigenvalue weighted by Crippen LogP contribution is -2.43. The molecule has 2 aliphatic carbocycles. The van der Waals surface area contributed by atoms with Crippen LogP contribution in [0.25, 0.3) is 0 Å². The number of aryl methyl sites for hydroxylation is 1. The van der Waals surface area contributed by atoms with Crippen LogP contribution in [0.15, 0.2) is 68.3 Å². The van der Waals surface area contributed by atoms with Crippen molar-refractivity contribution in [3.05, 3.63) is 74.5 Å². The number of ether oxygens (including phenoxy) is 1. The number of carbonyl (C=O) groups excluding carboxylic acids is 2.